The van der Waals surface area contributed by atoms with Crippen LogP contribution in [0.1, 0.15) is 6.92 Å². The van der Waals surface area contributed by atoms with Gasteiger partial charge in [-0.1, -0.05) is 6.58 Å². The van der Waals surface area contributed by atoms with Crippen molar-refractivity contribution in [2.45, 2.75) is 6.92 Å². The first-order valence-corrected chi connectivity index (χ1v) is 2.87. The third kappa shape index (κ3) is 1.22. The third-order valence-electron chi connectivity index (χ3n) is 1.19. The Kier molecular flexibility index (Phi) is 1.42. The van der Waals surface area contributed by atoms with Crippen molar-refractivity contribution in [2.75, 3.05) is 13.7 Å². The van der Waals surface area contributed by atoms with Crippen LogP contribution in [-0.2, 0) is 0 Å². The van der Waals surface area contributed by atoms with Crippen LogP contribution in [0.4, 0.5) is 0 Å². The molecule has 3 heteroatoms. The third-order valence-corrected chi connectivity index (χ3v) is 1.19. The second-order valence-corrected chi connectivity index (χ2v) is 2.26. The van der Waals surface area contributed by atoms with E-state index >= 15 is 0 Å². The number of allylic oxidation sites excluding steroid dienone is 1. The Labute approximate surface area is 55.3 Å². The lowest BCUT2D eigenvalue weighted by Gasteiger charge is -2.14. The van der Waals surface area contributed by atoms with Crippen LogP contribution in [0.25, 0.3) is 0 Å². The van der Waals surface area contributed by atoms with E-state index in [0.717, 1.165) is 12.4 Å². The van der Waals surface area contributed by atoms with Gasteiger partial charge in [-0.3, -0.25) is 0 Å². The van der Waals surface area contributed by atoms with Gasteiger partial charge in [0.05, 0.1) is 0 Å². The molecule has 1 aliphatic heterocycles. The SMILES string of the molecule is C=C(C)N1CN(C)C=N1. The lowest BCUT2D eigenvalue weighted by Crippen LogP contribution is -2.21. The van der Waals surface area contributed by atoms with E-state index in [-0.39, 0.29) is 0 Å². The van der Waals surface area contributed by atoms with Gasteiger partial charge in [-0.15, -0.1) is 0 Å². The fourth-order valence-corrected chi connectivity index (χ4v) is 0.654. The molecule has 0 aliphatic carbocycles. The van der Waals surface area contributed by atoms with Gasteiger partial charge in [-0.2, -0.15) is 5.10 Å². The van der Waals surface area contributed by atoms with Gasteiger partial charge in [0, 0.05) is 12.7 Å². The summed E-state index contributed by atoms with van der Waals surface area (Å²) in [5.74, 6) is 0. The van der Waals surface area contributed by atoms with Crippen LogP contribution in [0, 0.1) is 0 Å². The van der Waals surface area contributed by atoms with Crippen LogP contribution >= 0.6 is 0 Å². The molecule has 0 aromatic heterocycles. The Morgan fingerprint density at radius 3 is 2.67 bits per heavy atom. The van der Waals surface area contributed by atoms with E-state index in [1.165, 1.54) is 0 Å². The topological polar surface area (TPSA) is 18.8 Å². The molecule has 0 N–H and O–H groups in total. The predicted octanol–water partition coefficient (Wildman–Crippen LogP) is 0.668. The zero-order valence-electron chi connectivity index (χ0n) is 5.83. The molecular formula is C6H11N3. The molecule has 0 radical (unpaired) electrons. The van der Waals surface area contributed by atoms with Crippen molar-refractivity contribution in [3.63, 3.8) is 0 Å². The molecule has 0 aromatic rings. The standard InChI is InChI=1S/C6H11N3/c1-6(2)9-5-8(3)4-7-9/h4H,1,5H2,2-3H3. The minimum atomic E-state index is 0.829. The molecule has 1 rings (SSSR count). The molecular weight excluding hydrogens is 114 g/mol. The summed E-state index contributed by atoms with van der Waals surface area (Å²) in [7, 11) is 1.98. The first-order chi connectivity index (χ1) is 4.20. The molecule has 1 heterocycles. The highest BCUT2D eigenvalue weighted by Gasteiger charge is 2.08. The Bertz CT molecular complexity index is 150. The molecule has 0 bridgehead atoms. The average Bonchev–Trinajstić information content (AvgIpc) is 2.14. The summed E-state index contributed by atoms with van der Waals surface area (Å²) in [5, 5.41) is 5.90. The Morgan fingerprint density at radius 1 is 1.78 bits per heavy atom. The molecule has 50 valence electrons. The van der Waals surface area contributed by atoms with E-state index in [4.69, 9.17) is 0 Å². The highest BCUT2D eigenvalue weighted by molar-refractivity contribution is 5.55. The van der Waals surface area contributed by atoms with Gasteiger partial charge in [0.1, 0.15) is 13.0 Å². The molecule has 0 unspecified atom stereocenters. The summed E-state index contributed by atoms with van der Waals surface area (Å²) in [6.45, 7) is 6.53. The number of hydrogen-bond acceptors (Lipinski definition) is 3. The van der Waals surface area contributed by atoms with Gasteiger partial charge < -0.3 is 4.90 Å². The normalized spacial score (nSPS) is 17.1. The van der Waals surface area contributed by atoms with E-state index in [9.17, 15) is 0 Å². The molecule has 0 saturated heterocycles. The molecule has 0 atom stereocenters. The zero-order valence-corrected chi connectivity index (χ0v) is 5.83. The molecule has 0 aromatic carbocycles. The fraction of sp³-hybridized carbons (Fsp3) is 0.500. The van der Waals surface area contributed by atoms with Gasteiger partial charge in [0.2, 0.25) is 0 Å². The number of rotatable bonds is 1. The number of hydrogen-bond donors (Lipinski definition) is 0. The Morgan fingerprint density at radius 2 is 2.44 bits per heavy atom. The molecule has 0 saturated carbocycles. The highest BCUT2D eigenvalue weighted by atomic mass is 15.6. The molecule has 0 amide bonds. The largest absolute Gasteiger partial charge is 0.345 e. The van der Waals surface area contributed by atoms with E-state index in [0.29, 0.717) is 0 Å². The summed E-state index contributed by atoms with van der Waals surface area (Å²) >= 11 is 0. The zero-order chi connectivity index (χ0) is 6.85. The average molecular weight is 125 g/mol. The van der Waals surface area contributed by atoms with Crippen LogP contribution in [0.3, 0.4) is 0 Å². The van der Waals surface area contributed by atoms with Crippen molar-refractivity contribution < 1.29 is 0 Å². The van der Waals surface area contributed by atoms with E-state index in [1.54, 1.807) is 6.34 Å². The van der Waals surface area contributed by atoms with Gasteiger partial charge in [0.25, 0.3) is 0 Å². The quantitative estimate of drug-likeness (QED) is 0.513. The van der Waals surface area contributed by atoms with Crippen LogP contribution in [0.15, 0.2) is 17.4 Å². The van der Waals surface area contributed by atoms with E-state index in [1.807, 2.05) is 23.9 Å². The summed E-state index contributed by atoms with van der Waals surface area (Å²) in [6, 6.07) is 0. The number of hydrazone groups is 1. The summed E-state index contributed by atoms with van der Waals surface area (Å²) < 4.78 is 0. The molecule has 0 fully saturated rings. The lowest BCUT2D eigenvalue weighted by molar-refractivity contribution is 0.314. The predicted molar refractivity (Wildman–Crippen MR) is 37.8 cm³/mol. The van der Waals surface area contributed by atoms with Crippen LogP contribution in [0.2, 0.25) is 0 Å². The first kappa shape index (κ1) is 6.13. The van der Waals surface area contributed by atoms with Crippen molar-refractivity contribution in [2.24, 2.45) is 5.10 Å². The minimum Gasteiger partial charge on any atom is -0.345 e. The number of nitrogens with zero attached hydrogens (tertiary/aromatic N) is 3. The second-order valence-electron chi connectivity index (χ2n) is 2.26. The first-order valence-electron chi connectivity index (χ1n) is 2.87. The maximum Gasteiger partial charge on any atom is 0.113 e. The van der Waals surface area contributed by atoms with Crippen LogP contribution < -0.4 is 0 Å². The maximum atomic E-state index is 4.05. The van der Waals surface area contributed by atoms with Crippen LogP contribution in [0.5, 0.6) is 0 Å². The monoisotopic (exact) mass is 125 g/mol. The van der Waals surface area contributed by atoms with E-state index in [2.05, 4.69) is 11.7 Å². The van der Waals surface area contributed by atoms with Crippen molar-refractivity contribution in [1.29, 1.82) is 0 Å². The fourth-order valence-electron chi connectivity index (χ4n) is 0.654. The van der Waals surface area contributed by atoms with E-state index < -0.39 is 0 Å². The van der Waals surface area contributed by atoms with Crippen LogP contribution in [-0.4, -0.2) is 30.0 Å². The van der Waals surface area contributed by atoms with Crippen molar-refractivity contribution >= 4 is 6.34 Å². The summed E-state index contributed by atoms with van der Waals surface area (Å²) in [4.78, 5) is 1.99. The minimum absolute atomic E-state index is 0.829. The van der Waals surface area contributed by atoms with Gasteiger partial charge in [0.15, 0.2) is 0 Å². The maximum absolute atomic E-state index is 4.05. The molecule has 9 heavy (non-hydrogen) atoms. The molecule has 1 aliphatic rings. The summed E-state index contributed by atoms with van der Waals surface area (Å²) in [5.41, 5.74) is 0.982. The highest BCUT2D eigenvalue weighted by Crippen LogP contribution is 2.05. The Balaban J connectivity index is 2.50. The lowest BCUT2D eigenvalue weighted by atomic mass is 10.5. The Hall–Kier alpha value is -0.990. The van der Waals surface area contributed by atoms with Crippen molar-refractivity contribution in [3.05, 3.63) is 12.3 Å². The van der Waals surface area contributed by atoms with Gasteiger partial charge >= 0.3 is 0 Å². The van der Waals surface area contributed by atoms with Crippen molar-refractivity contribution in [1.82, 2.24) is 9.91 Å². The second kappa shape index (κ2) is 2.09. The van der Waals surface area contributed by atoms with Gasteiger partial charge in [-0.25, -0.2) is 5.01 Å². The van der Waals surface area contributed by atoms with Gasteiger partial charge in [-0.05, 0) is 6.92 Å². The van der Waals surface area contributed by atoms with Crippen molar-refractivity contribution in [3.8, 4) is 0 Å². The molecule has 0 spiro atoms. The summed E-state index contributed by atoms with van der Waals surface area (Å²) in [6.07, 6.45) is 1.79. The molecule has 3 nitrogen and oxygen atoms in total. The smallest absolute Gasteiger partial charge is 0.113 e.